The molecule has 0 spiro atoms. The number of imide groups is 1. The summed E-state index contributed by atoms with van der Waals surface area (Å²) >= 11 is 3.37. The highest BCUT2D eigenvalue weighted by Gasteiger charge is 2.27. The van der Waals surface area contributed by atoms with Gasteiger partial charge in [-0.3, -0.25) is 10.1 Å². The number of hydrogen-bond donors (Lipinski definition) is 2. The number of nitrogens with one attached hydrogen (secondary N) is 2. The van der Waals surface area contributed by atoms with Crippen LogP contribution in [0.5, 0.6) is 5.75 Å². The van der Waals surface area contributed by atoms with Crippen LogP contribution in [-0.2, 0) is 16.1 Å². The number of urea groups is 2. The number of benzene rings is 2. The number of carbonyl (C=O) groups is 3. The molecular formula is C26H33BrN4O5. The Labute approximate surface area is 220 Å². The standard InChI is InChI=1S/C26H33BrN4O5/c1-16(2)36-23-12-11-22(13-17(23)3)29-19(5)30-26(34)31(15-18(4)24(32)35-6)25(33)28-14-20-7-9-21(27)10-8-20/h7-13,16,18H,14-15H2,1-6H3,(H,28,33)(H,29,30,34)/t18-/m0/s1. The molecule has 2 N–H and O–H groups in total. The van der Waals surface area contributed by atoms with E-state index in [4.69, 9.17) is 9.47 Å². The van der Waals surface area contributed by atoms with Crippen molar-refractivity contribution in [2.75, 3.05) is 13.7 Å². The molecule has 0 saturated heterocycles. The molecule has 0 aromatic heterocycles. The second-order valence-corrected chi connectivity index (χ2v) is 9.48. The third kappa shape index (κ3) is 8.99. The summed E-state index contributed by atoms with van der Waals surface area (Å²) in [6.07, 6.45) is 0.0485. The molecule has 0 aliphatic heterocycles. The number of ether oxygens (including phenoxy) is 2. The highest BCUT2D eigenvalue weighted by atomic mass is 79.9. The van der Waals surface area contributed by atoms with Gasteiger partial charge in [-0.25, -0.2) is 19.5 Å². The fraction of sp³-hybridized carbons (Fsp3) is 0.385. The van der Waals surface area contributed by atoms with Crippen LogP contribution in [-0.4, -0.2) is 48.5 Å². The number of carbonyl (C=O) groups excluding carboxylic acids is 3. The van der Waals surface area contributed by atoms with Gasteiger partial charge >= 0.3 is 18.0 Å². The Morgan fingerprint density at radius 1 is 1.06 bits per heavy atom. The van der Waals surface area contributed by atoms with E-state index in [-0.39, 0.29) is 25.0 Å². The second kappa shape index (κ2) is 13.6. The molecule has 36 heavy (non-hydrogen) atoms. The first kappa shape index (κ1) is 28.8. The summed E-state index contributed by atoms with van der Waals surface area (Å²) in [6.45, 7) is 9.06. The zero-order valence-corrected chi connectivity index (χ0v) is 23.0. The molecule has 0 unspecified atom stereocenters. The van der Waals surface area contributed by atoms with Crippen molar-refractivity contribution in [2.24, 2.45) is 10.9 Å². The molecule has 4 amide bonds. The van der Waals surface area contributed by atoms with Crippen LogP contribution in [0.25, 0.3) is 0 Å². The molecule has 2 aromatic rings. The molecule has 0 heterocycles. The van der Waals surface area contributed by atoms with Gasteiger partial charge in [0.15, 0.2) is 0 Å². The largest absolute Gasteiger partial charge is 0.491 e. The summed E-state index contributed by atoms with van der Waals surface area (Å²) in [7, 11) is 1.26. The smallest absolute Gasteiger partial charge is 0.330 e. The third-order valence-electron chi connectivity index (χ3n) is 5.01. The van der Waals surface area contributed by atoms with Gasteiger partial charge in [0.2, 0.25) is 0 Å². The van der Waals surface area contributed by atoms with Gasteiger partial charge in [0.25, 0.3) is 0 Å². The molecule has 10 heteroatoms. The summed E-state index contributed by atoms with van der Waals surface area (Å²) in [6, 6.07) is 11.5. The first-order valence-electron chi connectivity index (χ1n) is 11.5. The summed E-state index contributed by atoms with van der Waals surface area (Å²) in [4.78, 5) is 43.3. The quantitative estimate of drug-likeness (QED) is 0.258. The molecule has 0 saturated carbocycles. The molecule has 0 radical (unpaired) electrons. The van der Waals surface area contributed by atoms with E-state index in [0.29, 0.717) is 5.69 Å². The molecule has 9 nitrogen and oxygen atoms in total. The first-order chi connectivity index (χ1) is 17.0. The van der Waals surface area contributed by atoms with E-state index in [2.05, 4.69) is 31.6 Å². The van der Waals surface area contributed by atoms with Gasteiger partial charge in [-0.05, 0) is 69.2 Å². The Morgan fingerprint density at radius 3 is 2.31 bits per heavy atom. The van der Waals surface area contributed by atoms with Crippen molar-refractivity contribution in [3.63, 3.8) is 0 Å². The predicted molar refractivity (Wildman–Crippen MR) is 143 cm³/mol. The lowest BCUT2D eigenvalue weighted by Crippen LogP contribution is -2.51. The van der Waals surface area contributed by atoms with Gasteiger partial charge in [-0.15, -0.1) is 0 Å². The van der Waals surface area contributed by atoms with Crippen molar-refractivity contribution in [1.29, 1.82) is 0 Å². The summed E-state index contributed by atoms with van der Waals surface area (Å²) < 4.78 is 11.4. The van der Waals surface area contributed by atoms with E-state index >= 15 is 0 Å². The van der Waals surface area contributed by atoms with Gasteiger partial charge in [-0.1, -0.05) is 35.0 Å². The molecule has 2 aromatic carbocycles. The van der Waals surface area contributed by atoms with Crippen LogP contribution >= 0.6 is 15.9 Å². The number of rotatable bonds is 8. The molecule has 194 valence electrons. The van der Waals surface area contributed by atoms with Crippen LogP contribution in [0, 0.1) is 12.8 Å². The molecule has 0 aliphatic carbocycles. The number of methoxy groups -OCH3 is 1. The lowest BCUT2D eigenvalue weighted by atomic mass is 10.2. The first-order valence-corrected chi connectivity index (χ1v) is 12.3. The minimum Gasteiger partial charge on any atom is -0.491 e. The zero-order chi connectivity index (χ0) is 26.8. The Bertz CT molecular complexity index is 1100. The Kier molecular flexibility index (Phi) is 10.9. The number of hydrogen-bond acceptors (Lipinski definition) is 6. The number of halogens is 1. The van der Waals surface area contributed by atoms with Crippen LogP contribution < -0.4 is 15.4 Å². The van der Waals surface area contributed by atoms with Crippen LogP contribution in [0.15, 0.2) is 51.9 Å². The average molecular weight is 561 g/mol. The molecular weight excluding hydrogens is 528 g/mol. The van der Waals surface area contributed by atoms with Gasteiger partial charge < -0.3 is 14.8 Å². The van der Waals surface area contributed by atoms with Gasteiger partial charge in [0.1, 0.15) is 11.6 Å². The van der Waals surface area contributed by atoms with E-state index in [9.17, 15) is 14.4 Å². The van der Waals surface area contributed by atoms with Gasteiger partial charge in [-0.2, -0.15) is 0 Å². The maximum Gasteiger partial charge on any atom is 0.330 e. The molecule has 0 aliphatic rings. The molecule has 0 bridgehead atoms. The maximum atomic E-state index is 13.0. The number of amidine groups is 1. The second-order valence-electron chi connectivity index (χ2n) is 8.56. The average Bonchev–Trinajstić information content (AvgIpc) is 2.82. The maximum absolute atomic E-state index is 13.0. The van der Waals surface area contributed by atoms with Crippen molar-refractivity contribution in [2.45, 2.75) is 47.3 Å². The van der Waals surface area contributed by atoms with E-state index in [1.807, 2.05) is 57.2 Å². The Morgan fingerprint density at radius 2 is 1.72 bits per heavy atom. The lowest BCUT2D eigenvalue weighted by Gasteiger charge is -2.24. The minimum absolute atomic E-state index is 0.0485. The monoisotopic (exact) mass is 560 g/mol. The van der Waals surface area contributed by atoms with Crippen molar-refractivity contribution in [3.8, 4) is 5.75 Å². The SMILES string of the molecule is COC(=O)[C@@H](C)CN(C(=O)NCc1ccc(Br)cc1)C(=O)NC(C)=Nc1ccc(OC(C)C)c(C)c1. The number of amides is 4. The number of aliphatic imine (C=N–C) groups is 1. The van der Waals surface area contributed by atoms with E-state index < -0.39 is 23.9 Å². The van der Waals surface area contributed by atoms with Crippen LogP contribution in [0.2, 0.25) is 0 Å². The number of esters is 1. The normalized spacial score (nSPS) is 12.1. The summed E-state index contributed by atoms with van der Waals surface area (Å²) in [5.41, 5.74) is 2.38. The Hall–Kier alpha value is -3.40. The van der Waals surface area contributed by atoms with Gasteiger partial charge in [0.05, 0.1) is 24.8 Å². The predicted octanol–water partition coefficient (Wildman–Crippen LogP) is 5.33. The van der Waals surface area contributed by atoms with Crippen LogP contribution in [0.4, 0.5) is 15.3 Å². The van der Waals surface area contributed by atoms with E-state index in [1.165, 1.54) is 7.11 Å². The van der Waals surface area contributed by atoms with Crippen molar-refractivity contribution in [1.82, 2.24) is 15.5 Å². The van der Waals surface area contributed by atoms with Crippen molar-refractivity contribution < 1.29 is 23.9 Å². The molecule has 0 fully saturated rings. The number of nitrogens with zero attached hydrogens (tertiary/aromatic N) is 2. The highest BCUT2D eigenvalue weighted by molar-refractivity contribution is 9.10. The molecule has 2 rings (SSSR count). The topological polar surface area (TPSA) is 109 Å². The number of aryl methyl sites for hydroxylation is 1. The molecule has 1 atom stereocenters. The zero-order valence-electron chi connectivity index (χ0n) is 21.4. The Balaban J connectivity index is 2.14. The fourth-order valence-corrected chi connectivity index (χ4v) is 3.48. The minimum atomic E-state index is -0.715. The van der Waals surface area contributed by atoms with Crippen LogP contribution in [0.1, 0.15) is 38.8 Å². The lowest BCUT2D eigenvalue weighted by molar-refractivity contribution is -0.144. The van der Waals surface area contributed by atoms with E-state index in [0.717, 1.165) is 26.2 Å². The summed E-state index contributed by atoms with van der Waals surface area (Å²) in [5, 5.41) is 5.35. The highest BCUT2D eigenvalue weighted by Crippen LogP contribution is 2.24. The van der Waals surface area contributed by atoms with Gasteiger partial charge in [0, 0.05) is 17.6 Å². The fourth-order valence-electron chi connectivity index (χ4n) is 3.22. The van der Waals surface area contributed by atoms with Crippen molar-refractivity contribution >= 4 is 45.5 Å². The van der Waals surface area contributed by atoms with E-state index in [1.54, 1.807) is 19.9 Å². The third-order valence-corrected chi connectivity index (χ3v) is 5.54. The van der Waals surface area contributed by atoms with Crippen molar-refractivity contribution in [3.05, 3.63) is 58.1 Å². The summed E-state index contributed by atoms with van der Waals surface area (Å²) in [5.74, 6) is -0.199. The van der Waals surface area contributed by atoms with Crippen LogP contribution in [0.3, 0.4) is 0 Å².